The van der Waals surface area contributed by atoms with Crippen LogP contribution >= 0.6 is 0 Å². The molecule has 0 amide bonds. The van der Waals surface area contributed by atoms with Gasteiger partial charge in [0.1, 0.15) is 6.10 Å². The lowest BCUT2D eigenvalue weighted by Crippen LogP contribution is -2.58. The molecule has 1 aromatic carbocycles. The number of rotatable bonds is 4. The van der Waals surface area contributed by atoms with Gasteiger partial charge in [-0.15, -0.1) is 0 Å². The van der Waals surface area contributed by atoms with Gasteiger partial charge < -0.3 is 4.74 Å². The topological polar surface area (TPSA) is 29.5 Å². The van der Waals surface area contributed by atoms with Gasteiger partial charge in [0.25, 0.3) is 0 Å². The summed E-state index contributed by atoms with van der Waals surface area (Å²) in [4.78, 5) is 15.1. The van der Waals surface area contributed by atoms with E-state index < -0.39 is 0 Å². The van der Waals surface area contributed by atoms with Crippen molar-refractivity contribution in [1.29, 1.82) is 0 Å². The fourth-order valence-electron chi connectivity index (χ4n) is 4.64. The van der Waals surface area contributed by atoms with Crippen LogP contribution in [0.5, 0.6) is 0 Å². The van der Waals surface area contributed by atoms with E-state index in [4.69, 9.17) is 4.74 Å². The maximum Gasteiger partial charge on any atom is 0.338 e. The van der Waals surface area contributed by atoms with Crippen LogP contribution in [0.2, 0.25) is 0 Å². The Labute approximate surface area is 140 Å². The molecule has 2 aliphatic rings. The second-order valence-electron chi connectivity index (χ2n) is 7.35. The quantitative estimate of drug-likeness (QED) is 0.777. The van der Waals surface area contributed by atoms with E-state index in [0.717, 1.165) is 12.8 Å². The number of hydrogen-bond acceptors (Lipinski definition) is 3. The monoisotopic (exact) mass is 315 g/mol. The van der Waals surface area contributed by atoms with Crippen LogP contribution < -0.4 is 0 Å². The Morgan fingerprint density at radius 1 is 1.26 bits per heavy atom. The maximum absolute atomic E-state index is 12.5. The highest BCUT2D eigenvalue weighted by Gasteiger charge is 2.49. The number of benzene rings is 1. The number of likely N-dealkylation sites (tertiary alicyclic amines) is 1. The second-order valence-corrected chi connectivity index (χ2v) is 7.35. The van der Waals surface area contributed by atoms with Crippen LogP contribution in [0.25, 0.3) is 0 Å². The summed E-state index contributed by atoms with van der Waals surface area (Å²) in [6.45, 7) is 6.97. The Kier molecular flexibility index (Phi) is 5.05. The summed E-state index contributed by atoms with van der Waals surface area (Å²) in [5.41, 5.74) is 0.773. The number of piperidine rings is 1. The zero-order valence-corrected chi connectivity index (χ0v) is 14.5. The molecular weight excluding hydrogens is 286 g/mol. The Bertz CT molecular complexity index is 528. The molecule has 1 aliphatic heterocycles. The normalized spacial score (nSPS) is 31.4. The molecule has 126 valence electrons. The van der Waals surface area contributed by atoms with Crippen LogP contribution in [0.4, 0.5) is 0 Å². The third-order valence-corrected chi connectivity index (χ3v) is 5.81. The molecule has 3 atom stereocenters. The van der Waals surface area contributed by atoms with Crippen LogP contribution in [0, 0.1) is 5.41 Å². The first-order chi connectivity index (χ1) is 11.1. The summed E-state index contributed by atoms with van der Waals surface area (Å²) in [5.74, 6) is -0.162. The van der Waals surface area contributed by atoms with Gasteiger partial charge >= 0.3 is 5.97 Å². The Morgan fingerprint density at radius 3 is 2.78 bits per heavy atom. The van der Waals surface area contributed by atoms with Crippen molar-refractivity contribution in [2.24, 2.45) is 5.41 Å². The Hall–Kier alpha value is -1.35. The van der Waals surface area contributed by atoms with E-state index >= 15 is 0 Å². The average Bonchev–Trinajstić information content (AvgIpc) is 2.57. The predicted molar refractivity (Wildman–Crippen MR) is 92.5 cm³/mol. The summed E-state index contributed by atoms with van der Waals surface area (Å²) in [6, 6.07) is 9.97. The summed E-state index contributed by atoms with van der Waals surface area (Å²) >= 11 is 0. The molecule has 0 spiro atoms. The lowest BCUT2D eigenvalue weighted by atomic mass is 9.64. The molecule has 2 fully saturated rings. The first-order valence-electron chi connectivity index (χ1n) is 9.15. The summed E-state index contributed by atoms with van der Waals surface area (Å²) in [6.07, 6.45) is 7.04. The smallest absolute Gasteiger partial charge is 0.338 e. The van der Waals surface area contributed by atoms with Crippen molar-refractivity contribution < 1.29 is 9.53 Å². The number of nitrogens with zero attached hydrogens (tertiary/aromatic N) is 1. The molecule has 1 aromatic rings. The van der Waals surface area contributed by atoms with Crippen molar-refractivity contribution in [2.45, 2.75) is 64.5 Å². The summed E-state index contributed by atoms with van der Waals surface area (Å²) in [5, 5.41) is 0. The maximum atomic E-state index is 12.5. The number of esters is 1. The fraction of sp³-hybridized carbons (Fsp3) is 0.650. The van der Waals surface area contributed by atoms with Gasteiger partial charge in [-0.05, 0) is 63.7 Å². The van der Waals surface area contributed by atoms with E-state index in [2.05, 4.69) is 18.7 Å². The van der Waals surface area contributed by atoms with E-state index in [9.17, 15) is 4.79 Å². The highest BCUT2D eigenvalue weighted by Crippen LogP contribution is 2.47. The van der Waals surface area contributed by atoms with Gasteiger partial charge in [-0.25, -0.2) is 4.79 Å². The van der Waals surface area contributed by atoms with Gasteiger partial charge in [0, 0.05) is 11.5 Å². The molecule has 3 heteroatoms. The SMILES string of the molecule is CCCN1CCC[C@@]2(C)[C@@H](OC(=O)c3ccccc3)CCC[C@H]12. The van der Waals surface area contributed by atoms with Crippen molar-refractivity contribution >= 4 is 5.97 Å². The minimum Gasteiger partial charge on any atom is -0.458 e. The van der Waals surface area contributed by atoms with Crippen molar-refractivity contribution in [2.75, 3.05) is 13.1 Å². The average molecular weight is 315 g/mol. The largest absolute Gasteiger partial charge is 0.458 e. The van der Waals surface area contributed by atoms with Crippen LogP contribution in [0.3, 0.4) is 0 Å². The number of hydrogen-bond donors (Lipinski definition) is 0. The standard InChI is InChI=1S/C20H29NO2/c1-3-14-21-15-8-13-20(2)17(21)11-7-12-18(20)23-19(22)16-9-5-4-6-10-16/h4-6,9-10,17-18H,3,7-8,11-15H2,1-2H3/t17-,18-,20+/m0/s1. The number of fused-ring (bicyclic) bond motifs is 1. The Balaban J connectivity index is 1.75. The number of carbonyl (C=O) groups is 1. The number of ether oxygens (including phenoxy) is 1. The van der Waals surface area contributed by atoms with Crippen LogP contribution in [-0.2, 0) is 4.74 Å². The van der Waals surface area contributed by atoms with E-state index in [0.29, 0.717) is 11.6 Å². The third-order valence-electron chi connectivity index (χ3n) is 5.81. The summed E-state index contributed by atoms with van der Waals surface area (Å²) < 4.78 is 6.01. The fourth-order valence-corrected chi connectivity index (χ4v) is 4.64. The first-order valence-corrected chi connectivity index (χ1v) is 9.15. The van der Waals surface area contributed by atoms with Gasteiger partial charge in [0.15, 0.2) is 0 Å². The zero-order valence-electron chi connectivity index (χ0n) is 14.5. The zero-order chi connectivity index (χ0) is 16.3. The molecule has 3 rings (SSSR count). The van der Waals surface area contributed by atoms with Crippen LogP contribution in [0.1, 0.15) is 62.7 Å². The van der Waals surface area contributed by atoms with Crippen LogP contribution in [-0.4, -0.2) is 36.1 Å². The van der Waals surface area contributed by atoms with Gasteiger partial charge in [-0.1, -0.05) is 32.0 Å². The molecule has 0 N–H and O–H groups in total. The lowest BCUT2D eigenvalue weighted by molar-refractivity contribution is -0.101. The molecule has 23 heavy (non-hydrogen) atoms. The van der Waals surface area contributed by atoms with E-state index in [1.54, 1.807) is 0 Å². The van der Waals surface area contributed by atoms with E-state index in [-0.39, 0.29) is 17.5 Å². The highest BCUT2D eigenvalue weighted by atomic mass is 16.5. The van der Waals surface area contributed by atoms with Crippen molar-refractivity contribution in [1.82, 2.24) is 4.90 Å². The molecule has 1 aliphatic carbocycles. The van der Waals surface area contributed by atoms with E-state index in [1.165, 1.54) is 38.8 Å². The minimum atomic E-state index is -0.162. The molecule has 1 saturated heterocycles. The van der Waals surface area contributed by atoms with Gasteiger partial charge in [0.05, 0.1) is 5.56 Å². The van der Waals surface area contributed by atoms with Crippen molar-refractivity contribution in [3.05, 3.63) is 35.9 Å². The van der Waals surface area contributed by atoms with Crippen molar-refractivity contribution in [3.63, 3.8) is 0 Å². The minimum absolute atomic E-state index is 0.0496. The lowest BCUT2D eigenvalue weighted by Gasteiger charge is -2.54. The molecule has 0 bridgehead atoms. The van der Waals surface area contributed by atoms with Crippen molar-refractivity contribution in [3.8, 4) is 0 Å². The molecule has 1 heterocycles. The third kappa shape index (κ3) is 3.30. The predicted octanol–water partition coefficient (Wildman–Crippen LogP) is 4.28. The molecule has 3 nitrogen and oxygen atoms in total. The molecule has 0 unspecified atom stereocenters. The first kappa shape index (κ1) is 16.5. The summed E-state index contributed by atoms with van der Waals surface area (Å²) in [7, 11) is 0. The number of carbonyl (C=O) groups excluding carboxylic acids is 1. The second kappa shape index (κ2) is 7.04. The molecule has 1 saturated carbocycles. The van der Waals surface area contributed by atoms with Gasteiger partial charge in [0.2, 0.25) is 0 Å². The molecule has 0 aromatic heterocycles. The highest BCUT2D eigenvalue weighted by molar-refractivity contribution is 5.89. The van der Waals surface area contributed by atoms with Gasteiger partial charge in [-0.2, -0.15) is 0 Å². The molecule has 0 radical (unpaired) electrons. The Morgan fingerprint density at radius 2 is 2.04 bits per heavy atom. The van der Waals surface area contributed by atoms with E-state index in [1.807, 2.05) is 30.3 Å². The van der Waals surface area contributed by atoms with Gasteiger partial charge in [-0.3, -0.25) is 4.90 Å². The van der Waals surface area contributed by atoms with Crippen LogP contribution in [0.15, 0.2) is 30.3 Å². The molecular formula is C20H29NO2.